The zero-order valence-electron chi connectivity index (χ0n) is 18.3. The number of aryl methyl sites for hydroxylation is 1. The zero-order chi connectivity index (χ0) is 23.1. The van der Waals surface area contributed by atoms with Crippen molar-refractivity contribution in [2.75, 3.05) is 29.8 Å². The molecule has 0 unspecified atom stereocenters. The van der Waals surface area contributed by atoms with Crippen molar-refractivity contribution in [2.24, 2.45) is 5.10 Å². The second kappa shape index (κ2) is 10.1. The average molecular weight is 451 g/mol. The second-order valence-corrected chi connectivity index (χ2v) is 9.25. The summed E-state index contributed by atoms with van der Waals surface area (Å²) in [6, 6.07) is 22.7. The lowest BCUT2D eigenvalue weighted by Gasteiger charge is -2.25. The molecule has 3 aromatic carbocycles. The first kappa shape index (κ1) is 23.0. The molecule has 3 aromatic rings. The SMILES string of the molecule is Cc1ccccc1N(CC(=O)N/N=C/c1ccc(N(C)C)cc1)S(=O)(=O)c1ccccc1. The van der Waals surface area contributed by atoms with E-state index in [-0.39, 0.29) is 4.90 Å². The monoisotopic (exact) mass is 450 g/mol. The summed E-state index contributed by atoms with van der Waals surface area (Å²) >= 11 is 0. The number of hydrogen-bond donors (Lipinski definition) is 1. The molecule has 166 valence electrons. The lowest BCUT2D eigenvalue weighted by Crippen LogP contribution is -2.40. The maximum atomic E-state index is 13.3. The lowest BCUT2D eigenvalue weighted by molar-refractivity contribution is -0.119. The summed E-state index contributed by atoms with van der Waals surface area (Å²) < 4.78 is 27.7. The number of rotatable bonds is 8. The number of para-hydroxylation sites is 1. The molecule has 0 bridgehead atoms. The minimum Gasteiger partial charge on any atom is -0.378 e. The molecular formula is C24H26N4O3S. The smallest absolute Gasteiger partial charge is 0.264 e. The fourth-order valence-electron chi connectivity index (χ4n) is 3.07. The molecule has 0 aliphatic heterocycles. The molecule has 32 heavy (non-hydrogen) atoms. The van der Waals surface area contributed by atoms with Crippen molar-refractivity contribution >= 4 is 33.5 Å². The summed E-state index contributed by atoms with van der Waals surface area (Å²) in [6.45, 7) is 1.40. The highest BCUT2D eigenvalue weighted by molar-refractivity contribution is 7.92. The summed E-state index contributed by atoms with van der Waals surface area (Å²) in [5.41, 5.74) is 5.46. The van der Waals surface area contributed by atoms with Crippen LogP contribution >= 0.6 is 0 Å². The zero-order valence-corrected chi connectivity index (χ0v) is 19.1. The van der Waals surface area contributed by atoms with Gasteiger partial charge in [-0.05, 0) is 48.4 Å². The van der Waals surface area contributed by atoms with Crippen LogP contribution in [0.5, 0.6) is 0 Å². The van der Waals surface area contributed by atoms with Crippen molar-refractivity contribution in [2.45, 2.75) is 11.8 Å². The minimum absolute atomic E-state index is 0.112. The van der Waals surface area contributed by atoms with Gasteiger partial charge in [0, 0.05) is 19.8 Å². The third-order valence-electron chi connectivity index (χ3n) is 4.81. The van der Waals surface area contributed by atoms with Crippen LogP contribution in [-0.4, -0.2) is 41.2 Å². The summed E-state index contributed by atoms with van der Waals surface area (Å²) in [5.74, 6) is -0.547. The number of nitrogens with one attached hydrogen (secondary N) is 1. The van der Waals surface area contributed by atoms with E-state index in [0.29, 0.717) is 5.69 Å². The number of hydrazone groups is 1. The largest absolute Gasteiger partial charge is 0.378 e. The second-order valence-electron chi connectivity index (χ2n) is 7.39. The number of sulfonamides is 1. The van der Waals surface area contributed by atoms with E-state index in [0.717, 1.165) is 21.1 Å². The van der Waals surface area contributed by atoms with Crippen LogP contribution in [0.3, 0.4) is 0 Å². The van der Waals surface area contributed by atoms with Gasteiger partial charge in [-0.1, -0.05) is 48.5 Å². The predicted molar refractivity (Wildman–Crippen MR) is 129 cm³/mol. The van der Waals surface area contributed by atoms with Crippen molar-refractivity contribution in [1.29, 1.82) is 0 Å². The number of nitrogens with zero attached hydrogens (tertiary/aromatic N) is 3. The van der Waals surface area contributed by atoms with Gasteiger partial charge in [0.2, 0.25) is 0 Å². The Kier molecular flexibility index (Phi) is 7.27. The van der Waals surface area contributed by atoms with Crippen LogP contribution in [0, 0.1) is 6.92 Å². The van der Waals surface area contributed by atoms with E-state index in [2.05, 4.69) is 10.5 Å². The van der Waals surface area contributed by atoms with Crippen LogP contribution in [0.15, 0.2) is 88.9 Å². The van der Waals surface area contributed by atoms with Crippen molar-refractivity contribution < 1.29 is 13.2 Å². The molecule has 0 aliphatic rings. The third kappa shape index (κ3) is 5.53. The number of carbonyl (C=O) groups is 1. The van der Waals surface area contributed by atoms with Gasteiger partial charge < -0.3 is 4.90 Å². The van der Waals surface area contributed by atoms with E-state index in [1.165, 1.54) is 18.3 Å². The Labute approximate surface area is 189 Å². The Bertz CT molecular complexity index is 1190. The van der Waals surface area contributed by atoms with E-state index >= 15 is 0 Å². The Morgan fingerprint density at radius 2 is 1.56 bits per heavy atom. The summed E-state index contributed by atoms with van der Waals surface area (Å²) in [6.07, 6.45) is 1.52. The number of benzene rings is 3. The Morgan fingerprint density at radius 3 is 2.19 bits per heavy atom. The van der Waals surface area contributed by atoms with Crippen molar-refractivity contribution in [1.82, 2.24) is 5.43 Å². The van der Waals surface area contributed by atoms with Gasteiger partial charge in [-0.3, -0.25) is 9.10 Å². The highest BCUT2D eigenvalue weighted by Crippen LogP contribution is 2.26. The fraction of sp³-hybridized carbons (Fsp3) is 0.167. The molecule has 0 saturated heterocycles. The van der Waals surface area contributed by atoms with E-state index in [1.54, 1.807) is 43.3 Å². The first-order valence-electron chi connectivity index (χ1n) is 10.0. The number of anilines is 2. The van der Waals surface area contributed by atoms with Gasteiger partial charge in [0.1, 0.15) is 6.54 Å². The van der Waals surface area contributed by atoms with Gasteiger partial charge in [0.25, 0.3) is 15.9 Å². The van der Waals surface area contributed by atoms with Gasteiger partial charge in [-0.15, -0.1) is 0 Å². The molecule has 0 saturated carbocycles. The molecular weight excluding hydrogens is 424 g/mol. The Morgan fingerprint density at radius 1 is 0.938 bits per heavy atom. The molecule has 1 amide bonds. The first-order chi connectivity index (χ1) is 15.3. The molecule has 7 nitrogen and oxygen atoms in total. The maximum absolute atomic E-state index is 13.3. The predicted octanol–water partition coefficient (Wildman–Crippen LogP) is 3.41. The van der Waals surface area contributed by atoms with Gasteiger partial charge in [0.05, 0.1) is 16.8 Å². The number of carbonyl (C=O) groups excluding carboxylic acids is 1. The van der Waals surface area contributed by atoms with E-state index in [9.17, 15) is 13.2 Å². The molecule has 0 atom stereocenters. The Hall–Kier alpha value is -3.65. The standard InChI is InChI=1S/C24H26N4O3S/c1-19-9-7-8-12-23(19)28(32(30,31)22-10-5-4-6-11-22)18-24(29)26-25-17-20-13-15-21(16-14-20)27(2)3/h4-17H,18H2,1-3H3,(H,26,29)/b25-17+. The van der Waals surface area contributed by atoms with Crippen LogP contribution in [0.25, 0.3) is 0 Å². The van der Waals surface area contributed by atoms with Crippen molar-refractivity contribution in [3.8, 4) is 0 Å². The number of hydrogen-bond acceptors (Lipinski definition) is 5. The molecule has 0 heterocycles. The molecule has 3 rings (SSSR count). The van der Waals surface area contributed by atoms with Crippen LogP contribution < -0.4 is 14.6 Å². The molecule has 0 aliphatic carbocycles. The summed E-state index contributed by atoms with van der Waals surface area (Å²) in [7, 11) is -0.0430. The highest BCUT2D eigenvalue weighted by Gasteiger charge is 2.27. The topological polar surface area (TPSA) is 82.1 Å². The van der Waals surface area contributed by atoms with Crippen LogP contribution in [0.2, 0.25) is 0 Å². The molecule has 8 heteroatoms. The van der Waals surface area contributed by atoms with Crippen LogP contribution in [0.1, 0.15) is 11.1 Å². The maximum Gasteiger partial charge on any atom is 0.264 e. The van der Waals surface area contributed by atoms with Gasteiger partial charge >= 0.3 is 0 Å². The van der Waals surface area contributed by atoms with Crippen molar-refractivity contribution in [3.05, 3.63) is 90.0 Å². The minimum atomic E-state index is -3.95. The quantitative estimate of drug-likeness (QED) is 0.421. The highest BCUT2D eigenvalue weighted by atomic mass is 32.2. The molecule has 0 radical (unpaired) electrons. The normalized spacial score (nSPS) is 11.3. The molecule has 0 aromatic heterocycles. The van der Waals surface area contributed by atoms with E-state index in [1.807, 2.05) is 49.3 Å². The van der Waals surface area contributed by atoms with E-state index < -0.39 is 22.5 Å². The number of amides is 1. The van der Waals surface area contributed by atoms with Gasteiger partial charge in [0.15, 0.2) is 0 Å². The summed E-state index contributed by atoms with van der Waals surface area (Å²) in [4.78, 5) is 14.7. The van der Waals surface area contributed by atoms with Crippen LogP contribution in [-0.2, 0) is 14.8 Å². The van der Waals surface area contributed by atoms with Crippen molar-refractivity contribution in [3.63, 3.8) is 0 Å². The molecule has 1 N–H and O–H groups in total. The summed E-state index contributed by atoms with van der Waals surface area (Å²) in [5, 5.41) is 3.98. The molecule has 0 fully saturated rings. The van der Waals surface area contributed by atoms with Gasteiger partial charge in [-0.25, -0.2) is 13.8 Å². The Balaban J connectivity index is 1.79. The average Bonchev–Trinajstić information content (AvgIpc) is 2.79. The molecule has 0 spiro atoms. The third-order valence-corrected chi connectivity index (χ3v) is 6.59. The fourth-order valence-corrected chi connectivity index (χ4v) is 4.57. The van der Waals surface area contributed by atoms with Crippen LogP contribution in [0.4, 0.5) is 11.4 Å². The van der Waals surface area contributed by atoms with E-state index in [4.69, 9.17) is 0 Å². The lowest BCUT2D eigenvalue weighted by atomic mass is 10.2. The first-order valence-corrected chi connectivity index (χ1v) is 11.5. The van der Waals surface area contributed by atoms with Gasteiger partial charge in [-0.2, -0.15) is 5.10 Å².